The highest BCUT2D eigenvalue weighted by Crippen LogP contribution is 2.42. The quantitative estimate of drug-likeness (QED) is 0.803. The number of likely N-dealkylation sites (tertiary alicyclic amines) is 1. The van der Waals surface area contributed by atoms with E-state index in [1.807, 2.05) is 20.8 Å². The van der Waals surface area contributed by atoms with E-state index in [4.69, 9.17) is 4.74 Å². The van der Waals surface area contributed by atoms with Gasteiger partial charge in [-0.25, -0.2) is 4.79 Å². The second-order valence-electron chi connectivity index (χ2n) is 7.35. The monoisotopic (exact) mass is 283 g/mol. The fourth-order valence-corrected chi connectivity index (χ4v) is 3.70. The Morgan fingerprint density at radius 3 is 2.05 bits per heavy atom. The average Bonchev–Trinajstić information content (AvgIpc) is 2.23. The molecule has 1 aliphatic heterocycles. The zero-order valence-electron chi connectivity index (χ0n) is 12.8. The topological polar surface area (TPSA) is 66.8 Å². The molecule has 0 spiro atoms. The van der Waals surface area contributed by atoms with Crippen LogP contribution in [-0.2, 0) is 9.53 Å². The van der Waals surface area contributed by atoms with Crippen LogP contribution in [0.2, 0.25) is 0 Å². The molecule has 1 heterocycles. The van der Waals surface area contributed by atoms with Crippen molar-refractivity contribution in [2.45, 2.75) is 46.1 Å². The van der Waals surface area contributed by atoms with Crippen LogP contribution in [0.5, 0.6) is 0 Å². The van der Waals surface area contributed by atoms with Gasteiger partial charge in [0.25, 0.3) is 0 Å². The summed E-state index contributed by atoms with van der Waals surface area (Å²) in [6, 6.07) is 0. The Bertz CT molecular complexity index is 385. The van der Waals surface area contributed by atoms with Gasteiger partial charge < -0.3 is 14.7 Å². The van der Waals surface area contributed by atoms with Crippen molar-refractivity contribution in [2.24, 2.45) is 23.7 Å². The number of hydrogen-bond donors (Lipinski definition) is 1. The van der Waals surface area contributed by atoms with Gasteiger partial charge in [0.05, 0.1) is 5.92 Å². The molecule has 0 radical (unpaired) electrons. The molecule has 20 heavy (non-hydrogen) atoms. The highest BCUT2D eigenvalue weighted by Gasteiger charge is 2.47. The Morgan fingerprint density at radius 1 is 1.15 bits per heavy atom. The van der Waals surface area contributed by atoms with Gasteiger partial charge in [0, 0.05) is 13.1 Å². The van der Waals surface area contributed by atoms with Crippen LogP contribution in [-0.4, -0.2) is 40.8 Å². The van der Waals surface area contributed by atoms with Gasteiger partial charge in [-0.1, -0.05) is 6.92 Å². The lowest BCUT2D eigenvalue weighted by Gasteiger charge is -2.47. The van der Waals surface area contributed by atoms with Gasteiger partial charge >= 0.3 is 12.1 Å². The lowest BCUT2D eigenvalue weighted by molar-refractivity contribution is -0.152. The molecule has 1 saturated carbocycles. The molecular formula is C15H25NO4. The summed E-state index contributed by atoms with van der Waals surface area (Å²) < 4.78 is 5.40. The zero-order valence-corrected chi connectivity index (χ0v) is 12.8. The average molecular weight is 283 g/mol. The second-order valence-corrected chi connectivity index (χ2v) is 7.35. The second kappa shape index (κ2) is 5.26. The molecule has 2 aliphatic rings. The van der Waals surface area contributed by atoms with Crippen LogP contribution >= 0.6 is 0 Å². The van der Waals surface area contributed by atoms with Crippen LogP contribution in [0.4, 0.5) is 4.79 Å². The summed E-state index contributed by atoms with van der Waals surface area (Å²) in [5.41, 5.74) is -0.511. The maximum Gasteiger partial charge on any atom is 0.410 e. The Labute approximate surface area is 120 Å². The third-order valence-corrected chi connectivity index (χ3v) is 4.27. The van der Waals surface area contributed by atoms with Crippen molar-refractivity contribution in [3.8, 4) is 0 Å². The molecule has 1 aliphatic carbocycles. The summed E-state index contributed by atoms with van der Waals surface area (Å²) in [4.78, 5) is 25.3. The molecule has 114 valence electrons. The smallest absolute Gasteiger partial charge is 0.410 e. The molecular weight excluding hydrogens is 258 g/mol. The van der Waals surface area contributed by atoms with Gasteiger partial charge in [0.2, 0.25) is 0 Å². The molecule has 0 aromatic heterocycles. The lowest BCUT2D eigenvalue weighted by atomic mass is 9.65. The fraction of sp³-hybridized carbons (Fsp3) is 0.867. The van der Waals surface area contributed by atoms with Gasteiger partial charge in [0.1, 0.15) is 5.60 Å². The Balaban J connectivity index is 2.08. The molecule has 2 fully saturated rings. The summed E-state index contributed by atoms with van der Waals surface area (Å²) in [6.07, 6.45) is 1.45. The summed E-state index contributed by atoms with van der Waals surface area (Å²) in [6.45, 7) is 8.72. The van der Waals surface area contributed by atoms with Gasteiger partial charge in [-0.15, -0.1) is 0 Å². The van der Waals surface area contributed by atoms with Crippen LogP contribution in [0, 0.1) is 23.7 Å². The molecule has 1 N–H and O–H groups in total. The fourth-order valence-electron chi connectivity index (χ4n) is 3.70. The number of carbonyl (C=O) groups excluding carboxylic acids is 1. The number of aliphatic carboxylic acids is 1. The molecule has 0 aromatic carbocycles. The number of carbonyl (C=O) groups is 2. The first-order valence-electron chi connectivity index (χ1n) is 7.38. The number of piperidine rings is 1. The number of amides is 1. The lowest BCUT2D eigenvalue weighted by Crippen LogP contribution is -2.54. The first-order chi connectivity index (χ1) is 9.17. The SMILES string of the molecule is CC1CC2CN(C(=O)OC(C)(C)C)CC(C1)C2C(=O)O. The molecule has 2 atom stereocenters. The third-order valence-electron chi connectivity index (χ3n) is 4.27. The summed E-state index contributed by atoms with van der Waals surface area (Å²) in [5, 5.41) is 9.41. The zero-order chi connectivity index (χ0) is 15.1. The van der Waals surface area contributed by atoms with Crippen LogP contribution < -0.4 is 0 Å². The molecule has 0 aromatic rings. The van der Waals surface area contributed by atoms with Crippen molar-refractivity contribution in [1.82, 2.24) is 4.90 Å². The van der Waals surface area contributed by atoms with Crippen LogP contribution in [0.1, 0.15) is 40.5 Å². The van der Waals surface area contributed by atoms with E-state index in [9.17, 15) is 14.7 Å². The molecule has 2 unspecified atom stereocenters. The summed E-state index contributed by atoms with van der Waals surface area (Å²) in [5.74, 6) is -0.355. The molecule has 2 bridgehead atoms. The predicted octanol–water partition coefficient (Wildman–Crippen LogP) is 2.60. The number of hydrogen-bond acceptors (Lipinski definition) is 3. The molecule has 5 nitrogen and oxygen atoms in total. The van der Waals surface area contributed by atoms with Gasteiger partial charge in [-0.05, 0) is 51.4 Å². The minimum atomic E-state index is -0.712. The van der Waals surface area contributed by atoms with E-state index in [0.717, 1.165) is 12.8 Å². The van der Waals surface area contributed by atoms with Crippen molar-refractivity contribution in [3.63, 3.8) is 0 Å². The molecule has 5 heteroatoms. The van der Waals surface area contributed by atoms with E-state index < -0.39 is 11.6 Å². The van der Waals surface area contributed by atoms with E-state index >= 15 is 0 Å². The standard InChI is InChI=1S/C15H25NO4/c1-9-5-10-7-16(14(19)20-15(2,3)4)8-11(6-9)12(10)13(17)18/h9-12H,5-8H2,1-4H3,(H,17,18). The van der Waals surface area contributed by atoms with E-state index in [0.29, 0.717) is 19.0 Å². The number of carboxylic acid groups (broad SMARTS) is 1. The first kappa shape index (κ1) is 15.1. The molecule has 1 saturated heterocycles. The van der Waals surface area contributed by atoms with Gasteiger partial charge in [-0.2, -0.15) is 0 Å². The Kier molecular flexibility index (Phi) is 3.98. The van der Waals surface area contributed by atoms with E-state index in [1.165, 1.54) is 0 Å². The maximum absolute atomic E-state index is 12.2. The summed E-state index contributed by atoms with van der Waals surface area (Å²) in [7, 11) is 0. The molecule has 2 rings (SSSR count). The normalized spacial score (nSPS) is 33.7. The van der Waals surface area contributed by atoms with Gasteiger partial charge in [0.15, 0.2) is 0 Å². The Hall–Kier alpha value is -1.26. The van der Waals surface area contributed by atoms with Crippen molar-refractivity contribution in [3.05, 3.63) is 0 Å². The van der Waals surface area contributed by atoms with Crippen LogP contribution in [0.25, 0.3) is 0 Å². The van der Waals surface area contributed by atoms with Crippen LogP contribution in [0.3, 0.4) is 0 Å². The van der Waals surface area contributed by atoms with Gasteiger partial charge in [-0.3, -0.25) is 4.79 Å². The minimum absolute atomic E-state index is 0.0579. The largest absolute Gasteiger partial charge is 0.481 e. The van der Waals surface area contributed by atoms with Crippen LogP contribution in [0.15, 0.2) is 0 Å². The number of fused-ring (bicyclic) bond motifs is 2. The van der Waals surface area contributed by atoms with E-state index in [-0.39, 0.29) is 23.8 Å². The number of rotatable bonds is 1. The number of ether oxygens (including phenoxy) is 1. The molecule has 1 amide bonds. The third kappa shape index (κ3) is 3.25. The van der Waals surface area contributed by atoms with E-state index in [1.54, 1.807) is 4.90 Å². The predicted molar refractivity (Wildman–Crippen MR) is 74.3 cm³/mol. The number of carboxylic acids is 1. The number of nitrogens with zero attached hydrogens (tertiary/aromatic N) is 1. The maximum atomic E-state index is 12.2. The first-order valence-corrected chi connectivity index (χ1v) is 7.38. The van der Waals surface area contributed by atoms with Crippen molar-refractivity contribution in [1.29, 1.82) is 0 Å². The minimum Gasteiger partial charge on any atom is -0.481 e. The summed E-state index contributed by atoms with van der Waals surface area (Å²) >= 11 is 0. The Morgan fingerprint density at radius 2 is 1.65 bits per heavy atom. The van der Waals surface area contributed by atoms with Crippen molar-refractivity contribution in [2.75, 3.05) is 13.1 Å². The van der Waals surface area contributed by atoms with E-state index in [2.05, 4.69) is 6.92 Å². The van der Waals surface area contributed by atoms with Crippen molar-refractivity contribution < 1.29 is 19.4 Å². The van der Waals surface area contributed by atoms with Crippen molar-refractivity contribution >= 4 is 12.1 Å². The highest BCUT2D eigenvalue weighted by atomic mass is 16.6. The highest BCUT2D eigenvalue weighted by molar-refractivity contribution is 5.73.